The molecule has 19 heavy (non-hydrogen) atoms. The zero-order chi connectivity index (χ0) is 13.8. The van der Waals surface area contributed by atoms with Gasteiger partial charge in [-0.3, -0.25) is 0 Å². The summed E-state index contributed by atoms with van der Waals surface area (Å²) in [5.74, 6) is -0.511. The monoisotopic (exact) mass is 290 g/mol. The summed E-state index contributed by atoms with van der Waals surface area (Å²) in [7, 11) is 0. The molecule has 0 saturated carbocycles. The van der Waals surface area contributed by atoms with Crippen molar-refractivity contribution in [3.63, 3.8) is 0 Å². The molecule has 0 saturated heterocycles. The Labute approximate surface area is 159 Å². The molecule has 0 amide bonds. The van der Waals surface area contributed by atoms with Gasteiger partial charge in [0.15, 0.2) is 0 Å². The number of ether oxygens (including phenoxy) is 1. The van der Waals surface area contributed by atoms with Gasteiger partial charge in [0.2, 0.25) is 0 Å². The second-order valence-electron chi connectivity index (χ2n) is 3.86. The molecule has 1 N–H and O–H groups in total. The van der Waals surface area contributed by atoms with E-state index in [4.69, 9.17) is 4.74 Å². The van der Waals surface area contributed by atoms with E-state index in [0.717, 1.165) is 12.8 Å². The Morgan fingerprint density at radius 3 is 2.32 bits per heavy atom. The summed E-state index contributed by atoms with van der Waals surface area (Å²) in [6, 6.07) is 6.34. The third kappa shape index (κ3) is 10.6. The van der Waals surface area contributed by atoms with E-state index in [1.54, 1.807) is 12.1 Å². The molecule has 102 valence electrons. The molecule has 0 aliphatic carbocycles. The van der Waals surface area contributed by atoms with Crippen molar-refractivity contribution in [2.75, 3.05) is 6.61 Å². The molecular weight excluding hydrogens is 267 g/mol. The molecule has 0 atom stereocenters. The molecule has 0 spiro atoms. The fraction of sp³-hybridized carbons (Fsp3) is 0.467. The van der Waals surface area contributed by atoms with Crippen LogP contribution in [0.5, 0.6) is 5.75 Å². The van der Waals surface area contributed by atoms with Crippen molar-refractivity contribution in [1.29, 1.82) is 0 Å². The smallest absolute Gasteiger partial charge is 0.507 e. The largest absolute Gasteiger partial charge is 1.00 e. The van der Waals surface area contributed by atoms with Crippen molar-refractivity contribution in [2.45, 2.75) is 39.5 Å². The number of para-hydroxylation sites is 1. The van der Waals surface area contributed by atoms with Gasteiger partial charge >= 0.3 is 57.4 Å². The van der Waals surface area contributed by atoms with Crippen molar-refractivity contribution >= 4 is 5.97 Å². The molecule has 0 aliphatic heterocycles. The molecule has 0 aliphatic rings. The van der Waals surface area contributed by atoms with Crippen molar-refractivity contribution in [1.82, 2.24) is 0 Å². The third-order valence-corrected chi connectivity index (χ3v) is 2.16. The van der Waals surface area contributed by atoms with Crippen molar-refractivity contribution < 1.29 is 66.0 Å². The van der Waals surface area contributed by atoms with E-state index in [1.807, 2.05) is 6.92 Å². The standard InChI is InChI=1S/C10H12O3.C5H11.K/c1-2-7-13-10(12)8-5-3-4-6-9(8)11;1-3-5-4-2;/h3-6,11H,2,7H2,1H3;1,3-5H2,2H3;/q;-1;+1. The van der Waals surface area contributed by atoms with Gasteiger partial charge in [-0.2, -0.15) is 6.42 Å². The van der Waals surface area contributed by atoms with Crippen LogP contribution in [0.1, 0.15) is 49.9 Å². The van der Waals surface area contributed by atoms with Crippen LogP contribution >= 0.6 is 0 Å². The predicted molar refractivity (Wildman–Crippen MR) is 73.6 cm³/mol. The molecule has 1 rings (SSSR count). The van der Waals surface area contributed by atoms with Crippen LogP contribution in [0.4, 0.5) is 0 Å². The molecule has 4 heteroatoms. The van der Waals surface area contributed by atoms with Gasteiger partial charge in [0.1, 0.15) is 11.3 Å². The van der Waals surface area contributed by atoms with Gasteiger partial charge in [-0.1, -0.05) is 38.8 Å². The summed E-state index contributed by atoms with van der Waals surface area (Å²) in [5.41, 5.74) is 0.218. The normalized spacial score (nSPS) is 8.79. The number of phenols is 1. The minimum atomic E-state index is -0.472. The summed E-state index contributed by atoms with van der Waals surface area (Å²) < 4.78 is 4.86. The summed E-state index contributed by atoms with van der Waals surface area (Å²) in [6.07, 6.45) is 4.43. The first-order valence-electron chi connectivity index (χ1n) is 6.41. The Bertz CT molecular complexity index is 338. The Hall–Kier alpha value is 0.126. The number of rotatable bonds is 5. The molecule has 0 bridgehead atoms. The van der Waals surface area contributed by atoms with E-state index in [1.165, 1.54) is 25.0 Å². The summed E-state index contributed by atoms with van der Waals surface area (Å²) >= 11 is 0. The van der Waals surface area contributed by atoms with Crippen molar-refractivity contribution in [2.24, 2.45) is 0 Å². The van der Waals surface area contributed by atoms with Crippen LogP contribution < -0.4 is 51.4 Å². The maximum Gasteiger partial charge on any atom is 1.00 e. The van der Waals surface area contributed by atoms with Crippen LogP contribution in [0, 0.1) is 6.92 Å². The van der Waals surface area contributed by atoms with Crippen LogP contribution in [0.2, 0.25) is 0 Å². The van der Waals surface area contributed by atoms with E-state index in [0.29, 0.717) is 6.61 Å². The first-order chi connectivity index (χ1) is 8.67. The number of benzene rings is 1. The van der Waals surface area contributed by atoms with Gasteiger partial charge in [0.25, 0.3) is 0 Å². The fourth-order valence-electron chi connectivity index (χ4n) is 1.17. The van der Waals surface area contributed by atoms with Crippen LogP contribution in [0.25, 0.3) is 0 Å². The second-order valence-corrected chi connectivity index (χ2v) is 3.86. The summed E-state index contributed by atoms with van der Waals surface area (Å²) in [6.45, 7) is 8.14. The van der Waals surface area contributed by atoms with E-state index in [9.17, 15) is 9.90 Å². The van der Waals surface area contributed by atoms with Crippen LogP contribution in [-0.4, -0.2) is 17.7 Å². The number of unbranched alkanes of at least 4 members (excludes halogenated alkanes) is 2. The van der Waals surface area contributed by atoms with Gasteiger partial charge in [-0.15, -0.1) is 0 Å². The maximum atomic E-state index is 11.2. The topological polar surface area (TPSA) is 46.5 Å². The molecule has 0 radical (unpaired) electrons. The van der Waals surface area contributed by atoms with Crippen molar-refractivity contribution in [3.05, 3.63) is 36.8 Å². The Morgan fingerprint density at radius 2 is 1.89 bits per heavy atom. The molecule has 0 aromatic heterocycles. The molecule has 0 unspecified atom stereocenters. The summed E-state index contributed by atoms with van der Waals surface area (Å²) in [4.78, 5) is 11.2. The van der Waals surface area contributed by atoms with Gasteiger partial charge in [0, 0.05) is 0 Å². The van der Waals surface area contributed by atoms with Gasteiger partial charge in [-0.05, 0) is 18.6 Å². The Kier molecular flexibility index (Phi) is 16.4. The molecular formula is C15H23KO3. The molecule has 0 heterocycles. The maximum absolute atomic E-state index is 11.2. The average molecular weight is 290 g/mol. The number of esters is 1. The van der Waals surface area contributed by atoms with Crippen LogP contribution in [0.15, 0.2) is 24.3 Å². The third-order valence-electron chi connectivity index (χ3n) is 2.16. The minimum absolute atomic E-state index is 0. The molecule has 1 aromatic carbocycles. The Balaban J connectivity index is 0. The fourth-order valence-corrected chi connectivity index (χ4v) is 1.17. The van der Waals surface area contributed by atoms with E-state index < -0.39 is 5.97 Å². The number of carbonyl (C=O) groups is 1. The Morgan fingerprint density at radius 1 is 1.26 bits per heavy atom. The molecule has 3 nitrogen and oxygen atoms in total. The minimum Gasteiger partial charge on any atom is -0.507 e. The SMILES string of the molecule is CCCOC(=O)c1ccccc1O.[CH2-]CCCC.[K+]. The first-order valence-corrected chi connectivity index (χ1v) is 6.41. The number of hydrogen-bond donors (Lipinski definition) is 1. The van der Waals surface area contributed by atoms with Crippen molar-refractivity contribution in [3.8, 4) is 5.75 Å². The molecule has 0 fully saturated rings. The zero-order valence-electron chi connectivity index (χ0n) is 12.3. The predicted octanol–water partition coefficient (Wildman–Crippen LogP) is 0.974. The molecule has 1 aromatic rings. The van der Waals surface area contributed by atoms with Crippen LogP contribution in [0.3, 0.4) is 0 Å². The zero-order valence-corrected chi connectivity index (χ0v) is 15.4. The van der Waals surface area contributed by atoms with Gasteiger partial charge in [-0.25, -0.2) is 4.79 Å². The summed E-state index contributed by atoms with van der Waals surface area (Å²) in [5, 5.41) is 9.28. The first kappa shape index (κ1) is 21.4. The van der Waals surface area contributed by atoms with Gasteiger partial charge in [0.05, 0.1) is 6.61 Å². The number of carbonyl (C=O) groups excluding carboxylic acids is 1. The van der Waals surface area contributed by atoms with E-state index in [-0.39, 0.29) is 62.7 Å². The number of hydrogen-bond acceptors (Lipinski definition) is 3. The van der Waals surface area contributed by atoms with E-state index >= 15 is 0 Å². The van der Waals surface area contributed by atoms with Crippen LogP contribution in [-0.2, 0) is 4.74 Å². The number of aromatic hydroxyl groups is 1. The second kappa shape index (κ2) is 14.5. The number of phenolic OH excluding ortho intramolecular Hbond substituents is 1. The quantitative estimate of drug-likeness (QED) is 0.499. The van der Waals surface area contributed by atoms with Gasteiger partial charge < -0.3 is 16.8 Å². The van der Waals surface area contributed by atoms with E-state index in [2.05, 4.69) is 13.8 Å². The average Bonchev–Trinajstić information content (AvgIpc) is 2.38.